The van der Waals surface area contributed by atoms with Crippen LogP contribution >= 0.6 is 0 Å². The first-order valence-electron chi connectivity index (χ1n) is 9.43. The van der Waals surface area contributed by atoms with E-state index in [1.807, 2.05) is 50.4 Å². The van der Waals surface area contributed by atoms with Crippen molar-refractivity contribution in [2.45, 2.75) is 26.3 Å². The summed E-state index contributed by atoms with van der Waals surface area (Å²) in [5, 5.41) is 10.2. The molecule has 3 rings (SSSR count). The number of carbonyl (C=O) groups excluding carboxylic acids is 2. The Balaban J connectivity index is 1.84. The summed E-state index contributed by atoms with van der Waals surface area (Å²) in [5.41, 5.74) is 12.4. The molecule has 0 radical (unpaired) electrons. The Morgan fingerprint density at radius 1 is 1.17 bits per heavy atom. The Morgan fingerprint density at radius 3 is 2.47 bits per heavy atom. The van der Waals surface area contributed by atoms with Gasteiger partial charge in [-0.1, -0.05) is 13.8 Å². The van der Waals surface area contributed by atoms with Gasteiger partial charge in [-0.15, -0.1) is 0 Å². The van der Waals surface area contributed by atoms with Gasteiger partial charge in [0.15, 0.2) is 11.5 Å². The zero-order chi connectivity index (χ0) is 21.7. The fourth-order valence-electron chi connectivity index (χ4n) is 2.88. The monoisotopic (exact) mass is 408 g/mol. The predicted molar refractivity (Wildman–Crippen MR) is 113 cm³/mol. The molecule has 1 aromatic carbocycles. The number of carbonyl (C=O) groups is 2. The minimum Gasteiger partial charge on any atom is -0.368 e. The van der Waals surface area contributed by atoms with Crippen molar-refractivity contribution in [3.8, 4) is 5.69 Å². The summed E-state index contributed by atoms with van der Waals surface area (Å²) in [7, 11) is 0. The summed E-state index contributed by atoms with van der Waals surface area (Å²) in [5.74, 6) is -0.488. The number of nitrogens with one attached hydrogen (secondary N) is 2. The Kier molecular flexibility index (Phi) is 6.26. The topological polar surface area (TPSA) is 154 Å². The van der Waals surface area contributed by atoms with E-state index in [-0.39, 0.29) is 17.4 Å². The molecule has 0 spiro atoms. The molecule has 10 nitrogen and oxygen atoms in total. The second kappa shape index (κ2) is 9.03. The van der Waals surface area contributed by atoms with Crippen LogP contribution in [-0.2, 0) is 4.79 Å². The molecule has 0 aliphatic heterocycles. The molecule has 0 bridgehead atoms. The zero-order valence-corrected chi connectivity index (χ0v) is 16.7. The number of primary amides is 2. The molecule has 0 saturated heterocycles. The van der Waals surface area contributed by atoms with Gasteiger partial charge in [-0.2, -0.15) is 5.10 Å². The maximum absolute atomic E-state index is 11.8. The van der Waals surface area contributed by atoms with Crippen LogP contribution in [0.1, 0.15) is 30.8 Å². The lowest BCUT2D eigenvalue weighted by atomic mass is 10.0. The van der Waals surface area contributed by atoms with Crippen LogP contribution in [0.2, 0.25) is 0 Å². The van der Waals surface area contributed by atoms with Gasteiger partial charge in [-0.3, -0.25) is 9.59 Å². The summed E-state index contributed by atoms with van der Waals surface area (Å²) in [6, 6.07) is 8.57. The van der Waals surface area contributed by atoms with E-state index in [1.54, 1.807) is 10.9 Å². The van der Waals surface area contributed by atoms with E-state index in [0.717, 1.165) is 5.69 Å². The van der Waals surface area contributed by atoms with Crippen molar-refractivity contribution in [2.24, 2.45) is 17.4 Å². The van der Waals surface area contributed by atoms with E-state index >= 15 is 0 Å². The maximum atomic E-state index is 11.8. The number of aromatic nitrogens is 4. The number of rotatable bonds is 9. The molecule has 0 aliphatic rings. The second-order valence-corrected chi connectivity index (χ2v) is 7.17. The Bertz CT molecular complexity index is 1020. The molecule has 2 amide bonds. The third kappa shape index (κ3) is 5.10. The van der Waals surface area contributed by atoms with Crippen molar-refractivity contribution in [1.29, 1.82) is 0 Å². The molecule has 3 aromatic rings. The lowest BCUT2D eigenvalue weighted by molar-refractivity contribution is -0.119. The largest absolute Gasteiger partial charge is 0.368 e. The van der Waals surface area contributed by atoms with Crippen molar-refractivity contribution < 1.29 is 9.59 Å². The molecule has 0 aliphatic carbocycles. The zero-order valence-electron chi connectivity index (χ0n) is 16.7. The van der Waals surface area contributed by atoms with E-state index in [1.165, 1.54) is 6.20 Å². The van der Waals surface area contributed by atoms with Crippen molar-refractivity contribution in [3.63, 3.8) is 0 Å². The van der Waals surface area contributed by atoms with Crippen molar-refractivity contribution in [2.75, 3.05) is 10.6 Å². The lowest BCUT2D eigenvalue weighted by Gasteiger charge is -2.18. The summed E-state index contributed by atoms with van der Waals surface area (Å²) >= 11 is 0. The highest BCUT2D eigenvalue weighted by atomic mass is 16.1. The Hall–Kier alpha value is -3.95. The van der Waals surface area contributed by atoms with Crippen LogP contribution in [0.15, 0.2) is 48.9 Å². The molecule has 1 atom stereocenters. The number of nitrogens with two attached hydrogens (primary N) is 2. The lowest BCUT2D eigenvalue weighted by Crippen LogP contribution is -2.37. The average Bonchev–Trinajstić information content (AvgIpc) is 3.22. The Labute approximate surface area is 173 Å². The van der Waals surface area contributed by atoms with Crippen LogP contribution in [-0.4, -0.2) is 37.6 Å². The van der Waals surface area contributed by atoms with E-state index in [2.05, 4.69) is 25.7 Å². The number of nitrogens with zero attached hydrogens (tertiary/aromatic N) is 4. The normalized spacial score (nSPS) is 11.8. The molecular formula is C20H24N8O2. The molecule has 30 heavy (non-hydrogen) atoms. The summed E-state index contributed by atoms with van der Waals surface area (Å²) in [6.45, 7) is 3.97. The van der Waals surface area contributed by atoms with Gasteiger partial charge < -0.3 is 22.1 Å². The molecule has 2 aromatic heterocycles. The molecule has 0 saturated carbocycles. The summed E-state index contributed by atoms with van der Waals surface area (Å²) < 4.78 is 1.72. The fraction of sp³-hybridized carbons (Fsp3) is 0.250. The highest BCUT2D eigenvalue weighted by Gasteiger charge is 2.19. The van der Waals surface area contributed by atoms with Crippen LogP contribution < -0.4 is 22.1 Å². The van der Waals surface area contributed by atoms with Crippen LogP contribution in [0, 0.1) is 5.92 Å². The molecule has 0 fully saturated rings. The average molecular weight is 408 g/mol. The highest BCUT2D eigenvalue weighted by molar-refractivity contribution is 5.96. The fourth-order valence-corrected chi connectivity index (χ4v) is 2.88. The van der Waals surface area contributed by atoms with E-state index in [0.29, 0.717) is 17.9 Å². The number of hydrogen-bond acceptors (Lipinski definition) is 7. The van der Waals surface area contributed by atoms with Gasteiger partial charge in [-0.05, 0) is 42.7 Å². The van der Waals surface area contributed by atoms with E-state index in [9.17, 15) is 9.59 Å². The van der Waals surface area contributed by atoms with Crippen LogP contribution in [0.3, 0.4) is 0 Å². The number of benzene rings is 1. The first-order chi connectivity index (χ1) is 14.3. The van der Waals surface area contributed by atoms with Crippen LogP contribution in [0.4, 0.5) is 17.3 Å². The van der Waals surface area contributed by atoms with Crippen molar-refractivity contribution >= 4 is 29.1 Å². The van der Waals surface area contributed by atoms with Gasteiger partial charge in [0.25, 0.3) is 5.91 Å². The smallest absolute Gasteiger partial charge is 0.271 e. The van der Waals surface area contributed by atoms with E-state index in [4.69, 9.17) is 11.5 Å². The van der Waals surface area contributed by atoms with Crippen molar-refractivity contribution in [3.05, 3.63) is 54.6 Å². The van der Waals surface area contributed by atoms with Gasteiger partial charge in [0.05, 0.1) is 11.9 Å². The summed E-state index contributed by atoms with van der Waals surface area (Å²) in [6.07, 6.45) is 5.41. The number of hydrogen-bond donors (Lipinski definition) is 4. The molecule has 6 N–H and O–H groups in total. The first kappa shape index (κ1) is 20.8. The molecular weight excluding hydrogens is 384 g/mol. The van der Waals surface area contributed by atoms with Crippen LogP contribution in [0.5, 0.6) is 0 Å². The second-order valence-electron chi connectivity index (χ2n) is 7.17. The molecule has 0 unspecified atom stereocenters. The minimum atomic E-state index is -0.724. The summed E-state index contributed by atoms with van der Waals surface area (Å²) in [4.78, 5) is 32.0. The third-order valence-electron chi connectivity index (χ3n) is 4.28. The number of anilines is 3. The highest BCUT2D eigenvalue weighted by Crippen LogP contribution is 2.21. The first-order valence-corrected chi connectivity index (χ1v) is 9.43. The van der Waals surface area contributed by atoms with Gasteiger partial charge >= 0.3 is 0 Å². The van der Waals surface area contributed by atoms with Gasteiger partial charge in [0.1, 0.15) is 11.9 Å². The molecule has 10 heteroatoms. The van der Waals surface area contributed by atoms with Crippen molar-refractivity contribution in [1.82, 2.24) is 19.7 Å². The predicted octanol–water partition coefficient (Wildman–Crippen LogP) is 1.82. The van der Waals surface area contributed by atoms with Gasteiger partial charge in [0, 0.05) is 18.1 Å². The standard InChI is InChI=1S/C20H24N8O2/c1-12(2)10-15(18(21)29)26-16-11-23-17(19(22)30)20(27-16)25-13-4-6-14(7-5-13)28-9-3-8-24-28/h3-9,11-12,15H,10H2,1-2H3,(H2,21,29)(H2,22,30)(H2,25,26,27)/t15-/m1/s1. The number of amides is 2. The maximum Gasteiger partial charge on any atom is 0.271 e. The Morgan fingerprint density at radius 2 is 1.90 bits per heavy atom. The third-order valence-corrected chi connectivity index (χ3v) is 4.28. The SMILES string of the molecule is CC(C)C[C@@H](Nc1cnc(C(N)=O)c(Nc2ccc(-n3cccn3)cc2)n1)C(N)=O. The van der Waals surface area contributed by atoms with E-state index < -0.39 is 17.9 Å². The van der Waals surface area contributed by atoms with Gasteiger partial charge in [0.2, 0.25) is 5.91 Å². The van der Waals surface area contributed by atoms with Crippen LogP contribution in [0.25, 0.3) is 5.69 Å². The molecule has 156 valence electrons. The molecule has 2 heterocycles. The van der Waals surface area contributed by atoms with Gasteiger partial charge in [-0.25, -0.2) is 14.6 Å². The minimum absolute atomic E-state index is 0.0174. The quantitative estimate of drug-likeness (QED) is 0.421.